The maximum Gasteiger partial charge on any atom is 0.0994 e. The van der Waals surface area contributed by atoms with Crippen LogP contribution in [0.2, 0.25) is 0 Å². The topological polar surface area (TPSA) is 23.8 Å². The van der Waals surface area contributed by atoms with E-state index in [1.54, 1.807) is 0 Å². The van der Waals surface area contributed by atoms with Crippen molar-refractivity contribution in [3.63, 3.8) is 0 Å². The van der Waals surface area contributed by atoms with Crippen molar-refractivity contribution in [1.82, 2.24) is 0 Å². The zero-order chi connectivity index (χ0) is 9.97. The van der Waals surface area contributed by atoms with Gasteiger partial charge >= 0.3 is 0 Å². The highest BCUT2D eigenvalue weighted by atomic mass is 14.3. The van der Waals surface area contributed by atoms with Crippen LogP contribution in [0.3, 0.4) is 0 Å². The molecule has 70 valence electrons. The summed E-state index contributed by atoms with van der Waals surface area (Å²) in [6, 6.07) is 8.49. The third kappa shape index (κ3) is 1.70. The Hall–Kier alpha value is -1.55. The molecule has 1 nitrogen and oxygen atoms in total. The van der Waals surface area contributed by atoms with Crippen molar-refractivity contribution in [3.8, 4) is 6.07 Å². The van der Waals surface area contributed by atoms with Gasteiger partial charge in [-0.3, -0.25) is 0 Å². The Bertz CT molecular complexity index is 394. The number of hydrogen-bond donors (Lipinski definition) is 0. The zero-order valence-corrected chi connectivity index (χ0v) is 8.16. The average molecular weight is 183 g/mol. The summed E-state index contributed by atoms with van der Waals surface area (Å²) < 4.78 is 0. The largest absolute Gasteiger partial charge is 0.192 e. The lowest BCUT2D eigenvalue weighted by molar-refractivity contribution is 1.10. The lowest BCUT2D eigenvalue weighted by Gasteiger charge is -2.03. The molecule has 0 spiro atoms. The van der Waals surface area contributed by atoms with Crippen LogP contribution in [-0.4, -0.2) is 0 Å². The Morgan fingerprint density at radius 3 is 2.86 bits per heavy atom. The Morgan fingerprint density at radius 2 is 2.29 bits per heavy atom. The molecule has 0 saturated heterocycles. The molecule has 1 heteroatoms. The van der Waals surface area contributed by atoms with Gasteiger partial charge < -0.3 is 0 Å². The van der Waals surface area contributed by atoms with Gasteiger partial charge in [0.25, 0.3) is 0 Å². The van der Waals surface area contributed by atoms with Crippen LogP contribution in [0.1, 0.15) is 35.4 Å². The number of nitriles is 1. The first-order chi connectivity index (χ1) is 6.85. The molecular weight excluding hydrogens is 170 g/mol. The van der Waals surface area contributed by atoms with Crippen LogP contribution < -0.4 is 0 Å². The number of rotatable bonds is 3. The minimum absolute atomic E-state index is 0.655. The quantitative estimate of drug-likeness (QED) is 0.660. The van der Waals surface area contributed by atoms with E-state index in [0.29, 0.717) is 5.92 Å². The van der Waals surface area contributed by atoms with Crippen LogP contribution in [-0.2, 0) is 6.42 Å². The molecule has 0 radical (unpaired) electrons. The van der Waals surface area contributed by atoms with Crippen molar-refractivity contribution in [2.24, 2.45) is 0 Å². The second-order valence-electron chi connectivity index (χ2n) is 3.80. The number of hydrogen-bond acceptors (Lipinski definition) is 1. The Balaban J connectivity index is 2.35. The summed E-state index contributed by atoms with van der Waals surface area (Å²) in [5.74, 6) is 0.655. The van der Waals surface area contributed by atoms with Crippen molar-refractivity contribution in [3.05, 3.63) is 47.5 Å². The van der Waals surface area contributed by atoms with Gasteiger partial charge in [-0.1, -0.05) is 18.2 Å². The molecule has 1 aromatic rings. The molecule has 1 aromatic carbocycles. The summed E-state index contributed by atoms with van der Waals surface area (Å²) in [5.41, 5.74) is 3.27. The fourth-order valence-electron chi connectivity index (χ4n) is 1.74. The minimum atomic E-state index is 0.655. The first-order valence-electron chi connectivity index (χ1n) is 4.99. The third-order valence-electron chi connectivity index (χ3n) is 2.64. The highest BCUT2D eigenvalue weighted by Gasteiger charge is 2.25. The number of benzene rings is 1. The molecule has 2 rings (SSSR count). The van der Waals surface area contributed by atoms with Crippen molar-refractivity contribution in [2.45, 2.75) is 25.2 Å². The van der Waals surface area contributed by atoms with Gasteiger partial charge in [-0.05, 0) is 42.4 Å². The summed E-state index contributed by atoms with van der Waals surface area (Å²) in [7, 11) is 0. The molecule has 0 N–H and O–H groups in total. The Morgan fingerprint density at radius 1 is 1.50 bits per heavy atom. The molecule has 1 fully saturated rings. The van der Waals surface area contributed by atoms with E-state index >= 15 is 0 Å². The molecule has 0 atom stereocenters. The predicted octanol–water partition coefficient (Wildman–Crippen LogP) is 3.16. The van der Waals surface area contributed by atoms with Gasteiger partial charge in [-0.15, -0.1) is 6.58 Å². The van der Waals surface area contributed by atoms with Gasteiger partial charge in [-0.2, -0.15) is 5.26 Å². The van der Waals surface area contributed by atoms with Crippen LogP contribution in [0.25, 0.3) is 0 Å². The zero-order valence-electron chi connectivity index (χ0n) is 8.16. The van der Waals surface area contributed by atoms with E-state index in [4.69, 9.17) is 5.26 Å². The van der Waals surface area contributed by atoms with Crippen LogP contribution in [0, 0.1) is 11.3 Å². The predicted molar refractivity (Wildman–Crippen MR) is 57.0 cm³/mol. The van der Waals surface area contributed by atoms with E-state index in [1.807, 2.05) is 12.1 Å². The van der Waals surface area contributed by atoms with Crippen LogP contribution in [0.5, 0.6) is 0 Å². The smallest absolute Gasteiger partial charge is 0.0994 e. The summed E-state index contributed by atoms with van der Waals surface area (Å²) >= 11 is 0. The van der Waals surface area contributed by atoms with E-state index in [9.17, 15) is 0 Å². The normalized spacial score (nSPS) is 14.8. The molecule has 1 aliphatic rings. The second kappa shape index (κ2) is 3.67. The maximum absolute atomic E-state index is 9.01. The first-order valence-corrected chi connectivity index (χ1v) is 4.99. The van der Waals surface area contributed by atoms with Gasteiger partial charge in [0.2, 0.25) is 0 Å². The van der Waals surface area contributed by atoms with Gasteiger partial charge in [0, 0.05) is 0 Å². The molecule has 0 unspecified atom stereocenters. The Kier molecular flexibility index (Phi) is 2.37. The van der Waals surface area contributed by atoms with Crippen molar-refractivity contribution in [2.75, 3.05) is 0 Å². The highest BCUT2D eigenvalue weighted by molar-refractivity contribution is 5.44. The maximum atomic E-state index is 9.01. The standard InChI is InChI=1S/C13H13N/c1-2-3-10-4-7-13(11-5-6-11)12(8-10)9-14/h2,4,7-8,11H,1,3,5-6H2. The SMILES string of the molecule is C=CCc1ccc(C2CC2)c(C#N)c1. The van der Waals surface area contributed by atoms with Crippen molar-refractivity contribution in [1.29, 1.82) is 5.26 Å². The summed E-state index contributed by atoms with van der Waals surface area (Å²) in [4.78, 5) is 0. The highest BCUT2D eigenvalue weighted by Crippen LogP contribution is 2.41. The molecular formula is C13H13N. The van der Waals surface area contributed by atoms with Crippen molar-refractivity contribution < 1.29 is 0 Å². The van der Waals surface area contributed by atoms with Crippen LogP contribution in [0.15, 0.2) is 30.9 Å². The summed E-state index contributed by atoms with van der Waals surface area (Å²) in [5, 5.41) is 9.01. The molecule has 0 amide bonds. The summed E-state index contributed by atoms with van der Waals surface area (Å²) in [6.07, 6.45) is 5.21. The molecule has 0 heterocycles. The third-order valence-corrected chi connectivity index (χ3v) is 2.64. The lowest BCUT2D eigenvalue weighted by atomic mass is 10.00. The second-order valence-corrected chi connectivity index (χ2v) is 3.80. The van der Waals surface area contributed by atoms with E-state index in [1.165, 1.54) is 24.0 Å². The molecule has 0 aliphatic heterocycles. The molecule has 0 bridgehead atoms. The van der Waals surface area contributed by atoms with E-state index in [0.717, 1.165) is 12.0 Å². The molecule has 1 saturated carbocycles. The minimum Gasteiger partial charge on any atom is -0.192 e. The monoisotopic (exact) mass is 183 g/mol. The van der Waals surface area contributed by atoms with Gasteiger partial charge in [0.1, 0.15) is 0 Å². The molecule has 14 heavy (non-hydrogen) atoms. The fraction of sp³-hybridized carbons (Fsp3) is 0.308. The molecule has 0 aromatic heterocycles. The number of nitrogens with zero attached hydrogens (tertiary/aromatic N) is 1. The van der Waals surface area contributed by atoms with E-state index < -0.39 is 0 Å². The average Bonchev–Trinajstić information content (AvgIpc) is 3.02. The van der Waals surface area contributed by atoms with E-state index in [2.05, 4.69) is 24.8 Å². The van der Waals surface area contributed by atoms with Crippen LogP contribution >= 0.6 is 0 Å². The van der Waals surface area contributed by atoms with Gasteiger partial charge in [-0.25, -0.2) is 0 Å². The Labute approximate surface area is 84.7 Å². The first kappa shape index (κ1) is 9.02. The molecule has 1 aliphatic carbocycles. The van der Waals surface area contributed by atoms with Gasteiger partial charge in [0.15, 0.2) is 0 Å². The van der Waals surface area contributed by atoms with Gasteiger partial charge in [0.05, 0.1) is 11.6 Å². The summed E-state index contributed by atoms with van der Waals surface area (Å²) in [6.45, 7) is 3.70. The van der Waals surface area contributed by atoms with E-state index in [-0.39, 0.29) is 0 Å². The lowest BCUT2D eigenvalue weighted by Crippen LogP contribution is -1.90. The van der Waals surface area contributed by atoms with Crippen LogP contribution in [0.4, 0.5) is 0 Å². The fourth-order valence-corrected chi connectivity index (χ4v) is 1.74. The van der Waals surface area contributed by atoms with Crippen molar-refractivity contribution >= 4 is 0 Å². The number of allylic oxidation sites excluding steroid dienone is 1.